The van der Waals surface area contributed by atoms with E-state index in [1.807, 2.05) is 6.92 Å². The Kier molecular flexibility index (Phi) is 4.42. The summed E-state index contributed by atoms with van der Waals surface area (Å²) in [6, 6.07) is 1.78. The monoisotopic (exact) mass is 243 g/mol. The fraction of sp³-hybridized carbons (Fsp3) is 0.583. The molecule has 0 saturated heterocycles. The van der Waals surface area contributed by atoms with E-state index in [0.29, 0.717) is 18.2 Å². The highest BCUT2D eigenvalue weighted by Gasteiger charge is 2.20. The zero-order valence-electron chi connectivity index (χ0n) is 9.97. The minimum atomic E-state index is -0.162. The van der Waals surface area contributed by atoms with Crippen molar-refractivity contribution in [1.82, 2.24) is 5.32 Å². The fourth-order valence-corrected chi connectivity index (χ4v) is 1.86. The molecular formula is C12H18ClNO2. The summed E-state index contributed by atoms with van der Waals surface area (Å²) < 4.78 is 5.11. The molecule has 1 aromatic heterocycles. The Bertz CT molecular complexity index is 358. The van der Waals surface area contributed by atoms with Crippen LogP contribution in [0.4, 0.5) is 0 Å². The first kappa shape index (κ1) is 13.1. The number of rotatable bonds is 5. The maximum atomic E-state index is 11.7. The third kappa shape index (κ3) is 3.56. The molecule has 4 heteroatoms. The van der Waals surface area contributed by atoms with E-state index in [1.54, 1.807) is 6.07 Å². The molecule has 1 aromatic rings. The fourth-order valence-electron chi connectivity index (χ4n) is 1.35. The third-order valence-electron chi connectivity index (χ3n) is 2.57. The number of carbonyl (C=O) groups is 1. The Morgan fingerprint density at radius 3 is 2.75 bits per heavy atom. The van der Waals surface area contributed by atoms with Crippen molar-refractivity contribution in [3.63, 3.8) is 0 Å². The molecule has 1 heterocycles. The summed E-state index contributed by atoms with van der Waals surface area (Å²) in [5.74, 6) is 0.828. The van der Waals surface area contributed by atoms with Crippen LogP contribution in [-0.4, -0.2) is 18.3 Å². The summed E-state index contributed by atoms with van der Waals surface area (Å²) in [5.41, 5.74) is 0.866. The van der Waals surface area contributed by atoms with Crippen molar-refractivity contribution in [3.8, 4) is 0 Å². The van der Waals surface area contributed by atoms with Crippen LogP contribution in [0.5, 0.6) is 0 Å². The van der Waals surface area contributed by atoms with Gasteiger partial charge in [-0.2, -0.15) is 0 Å². The van der Waals surface area contributed by atoms with Crippen LogP contribution in [0.15, 0.2) is 16.7 Å². The van der Waals surface area contributed by atoms with Gasteiger partial charge in [0, 0.05) is 18.0 Å². The van der Waals surface area contributed by atoms with Gasteiger partial charge in [0.2, 0.25) is 0 Å². The highest BCUT2D eigenvalue weighted by molar-refractivity contribution is 6.17. The molecule has 3 nitrogen and oxygen atoms in total. The lowest BCUT2D eigenvalue weighted by molar-refractivity contribution is 0.0907. The van der Waals surface area contributed by atoms with Crippen LogP contribution >= 0.6 is 11.6 Å². The molecule has 0 aliphatic carbocycles. The standard InChI is InChI=1S/C12H18ClNO2/c1-9-4-7-16-10(9)11(15)14-8-12(2,3)5-6-13/h4,7H,5-6,8H2,1-3H3,(H,14,15). The number of carbonyl (C=O) groups excluding carboxylic acids is 1. The zero-order valence-corrected chi connectivity index (χ0v) is 10.7. The van der Waals surface area contributed by atoms with Gasteiger partial charge in [-0.3, -0.25) is 4.79 Å². The van der Waals surface area contributed by atoms with Gasteiger partial charge in [-0.1, -0.05) is 13.8 Å². The molecule has 0 unspecified atom stereocenters. The lowest BCUT2D eigenvalue weighted by atomic mass is 9.90. The van der Waals surface area contributed by atoms with E-state index in [9.17, 15) is 4.79 Å². The first-order valence-corrected chi connectivity index (χ1v) is 5.88. The number of alkyl halides is 1. The van der Waals surface area contributed by atoms with Crippen molar-refractivity contribution >= 4 is 17.5 Å². The first-order chi connectivity index (χ1) is 7.46. The van der Waals surface area contributed by atoms with Crippen molar-refractivity contribution in [1.29, 1.82) is 0 Å². The van der Waals surface area contributed by atoms with Crippen LogP contribution in [0.1, 0.15) is 36.4 Å². The summed E-state index contributed by atoms with van der Waals surface area (Å²) in [7, 11) is 0. The Morgan fingerprint density at radius 1 is 1.56 bits per heavy atom. The van der Waals surface area contributed by atoms with E-state index in [4.69, 9.17) is 16.0 Å². The smallest absolute Gasteiger partial charge is 0.287 e. The molecular weight excluding hydrogens is 226 g/mol. The third-order valence-corrected chi connectivity index (χ3v) is 2.76. The number of nitrogens with one attached hydrogen (secondary N) is 1. The number of furan rings is 1. The minimum absolute atomic E-state index is 0.0118. The van der Waals surface area contributed by atoms with E-state index >= 15 is 0 Å². The van der Waals surface area contributed by atoms with E-state index in [0.717, 1.165) is 12.0 Å². The molecule has 0 spiro atoms. The van der Waals surface area contributed by atoms with E-state index in [1.165, 1.54) is 6.26 Å². The second kappa shape index (κ2) is 5.39. The van der Waals surface area contributed by atoms with Crippen LogP contribution in [0.2, 0.25) is 0 Å². The molecule has 0 aliphatic heterocycles. The van der Waals surface area contributed by atoms with Crippen molar-refractivity contribution in [2.24, 2.45) is 5.41 Å². The highest BCUT2D eigenvalue weighted by Crippen LogP contribution is 2.19. The van der Waals surface area contributed by atoms with E-state index < -0.39 is 0 Å². The lowest BCUT2D eigenvalue weighted by Gasteiger charge is -2.23. The summed E-state index contributed by atoms with van der Waals surface area (Å²) in [6.07, 6.45) is 2.39. The average molecular weight is 244 g/mol. The predicted molar refractivity (Wildman–Crippen MR) is 64.9 cm³/mol. The molecule has 1 N–H and O–H groups in total. The minimum Gasteiger partial charge on any atom is -0.459 e. The summed E-state index contributed by atoms with van der Waals surface area (Å²) in [4.78, 5) is 11.7. The summed E-state index contributed by atoms with van der Waals surface area (Å²) in [6.45, 7) is 6.59. The van der Waals surface area contributed by atoms with Gasteiger partial charge >= 0.3 is 0 Å². The van der Waals surface area contributed by atoms with Gasteiger partial charge in [-0.15, -0.1) is 11.6 Å². The Hall–Kier alpha value is -0.960. The molecule has 0 atom stereocenters. The Labute approximate surface area is 101 Å². The largest absolute Gasteiger partial charge is 0.459 e. The predicted octanol–water partition coefficient (Wildman–Crippen LogP) is 2.97. The number of aryl methyl sites for hydroxylation is 1. The van der Waals surface area contributed by atoms with E-state index in [2.05, 4.69) is 19.2 Å². The molecule has 1 amide bonds. The topological polar surface area (TPSA) is 42.2 Å². The second-order valence-electron chi connectivity index (χ2n) is 4.72. The second-order valence-corrected chi connectivity index (χ2v) is 5.10. The molecule has 0 fully saturated rings. The van der Waals surface area contributed by atoms with Crippen LogP contribution in [0, 0.1) is 12.3 Å². The van der Waals surface area contributed by atoms with Crippen LogP contribution in [-0.2, 0) is 0 Å². The molecule has 16 heavy (non-hydrogen) atoms. The van der Waals surface area contributed by atoms with Crippen LogP contribution < -0.4 is 5.32 Å². The average Bonchev–Trinajstić information content (AvgIpc) is 2.61. The van der Waals surface area contributed by atoms with Crippen molar-refractivity contribution < 1.29 is 9.21 Å². The highest BCUT2D eigenvalue weighted by atomic mass is 35.5. The SMILES string of the molecule is Cc1ccoc1C(=O)NCC(C)(C)CCCl. The summed E-state index contributed by atoms with van der Waals surface area (Å²) in [5, 5.41) is 2.86. The van der Waals surface area contributed by atoms with Gasteiger partial charge in [-0.05, 0) is 24.8 Å². The Balaban J connectivity index is 2.51. The zero-order chi connectivity index (χ0) is 12.2. The van der Waals surface area contributed by atoms with Crippen molar-refractivity contribution in [2.45, 2.75) is 27.2 Å². The molecule has 90 valence electrons. The number of halogens is 1. The van der Waals surface area contributed by atoms with E-state index in [-0.39, 0.29) is 11.3 Å². The maximum Gasteiger partial charge on any atom is 0.287 e. The van der Waals surface area contributed by atoms with Gasteiger partial charge in [0.05, 0.1) is 6.26 Å². The first-order valence-electron chi connectivity index (χ1n) is 5.34. The molecule has 0 radical (unpaired) electrons. The van der Waals surface area contributed by atoms with Crippen LogP contribution in [0.25, 0.3) is 0 Å². The Morgan fingerprint density at radius 2 is 2.25 bits per heavy atom. The van der Waals surface area contributed by atoms with Gasteiger partial charge in [0.15, 0.2) is 5.76 Å². The maximum absolute atomic E-state index is 11.7. The molecule has 0 saturated carbocycles. The van der Waals surface area contributed by atoms with Gasteiger partial charge < -0.3 is 9.73 Å². The normalized spacial score (nSPS) is 11.5. The quantitative estimate of drug-likeness (QED) is 0.808. The lowest BCUT2D eigenvalue weighted by Crippen LogP contribution is -2.34. The molecule has 0 aliphatic rings. The molecule has 0 bridgehead atoms. The van der Waals surface area contributed by atoms with Crippen molar-refractivity contribution in [2.75, 3.05) is 12.4 Å². The molecule has 0 aromatic carbocycles. The van der Waals surface area contributed by atoms with Gasteiger partial charge in [0.25, 0.3) is 5.91 Å². The molecule has 1 rings (SSSR count). The summed E-state index contributed by atoms with van der Waals surface area (Å²) >= 11 is 5.69. The number of amides is 1. The number of hydrogen-bond acceptors (Lipinski definition) is 2. The van der Waals surface area contributed by atoms with Crippen LogP contribution in [0.3, 0.4) is 0 Å². The number of hydrogen-bond donors (Lipinski definition) is 1. The van der Waals surface area contributed by atoms with Gasteiger partial charge in [-0.25, -0.2) is 0 Å². The van der Waals surface area contributed by atoms with Crippen molar-refractivity contribution in [3.05, 3.63) is 23.7 Å². The van der Waals surface area contributed by atoms with Gasteiger partial charge in [0.1, 0.15) is 0 Å².